The molecule has 0 aliphatic rings. The molecule has 3 rings (SSSR count). The van der Waals surface area contributed by atoms with Gasteiger partial charge in [-0.25, -0.2) is 4.98 Å². The molecule has 0 radical (unpaired) electrons. The van der Waals surface area contributed by atoms with Crippen LogP contribution in [0.4, 0.5) is 17.5 Å². The standard InChI is InChI=1S/C19H22N4O/c1-13-8-9-16(14(2)12-13)21-19-22-17-7-4-3-6-15(17)18(23-19)20-10-5-11-24/h3-4,6-9,12,24H,5,10-11H2,1-2H3,(H2,20,21,22,23). The van der Waals surface area contributed by atoms with E-state index >= 15 is 0 Å². The Hall–Kier alpha value is -2.66. The van der Waals surface area contributed by atoms with Gasteiger partial charge in [-0.1, -0.05) is 29.8 Å². The van der Waals surface area contributed by atoms with Crippen molar-refractivity contribution in [3.8, 4) is 0 Å². The molecule has 3 aromatic rings. The summed E-state index contributed by atoms with van der Waals surface area (Å²) in [6, 6.07) is 14.1. The lowest BCUT2D eigenvalue weighted by atomic mass is 10.1. The molecule has 0 bridgehead atoms. The van der Waals surface area contributed by atoms with Gasteiger partial charge in [0.1, 0.15) is 5.82 Å². The normalized spacial score (nSPS) is 10.8. The minimum absolute atomic E-state index is 0.156. The first-order chi connectivity index (χ1) is 11.7. The van der Waals surface area contributed by atoms with E-state index in [-0.39, 0.29) is 6.61 Å². The van der Waals surface area contributed by atoms with Gasteiger partial charge in [0, 0.05) is 24.2 Å². The summed E-state index contributed by atoms with van der Waals surface area (Å²) in [5, 5.41) is 16.5. The zero-order valence-corrected chi connectivity index (χ0v) is 14.0. The second-order valence-electron chi connectivity index (χ2n) is 5.86. The predicted octanol–water partition coefficient (Wildman–Crippen LogP) is 3.78. The molecule has 5 nitrogen and oxygen atoms in total. The van der Waals surface area contributed by atoms with Gasteiger partial charge in [0.15, 0.2) is 0 Å². The zero-order chi connectivity index (χ0) is 16.9. The summed E-state index contributed by atoms with van der Waals surface area (Å²) in [6.45, 7) is 4.97. The lowest BCUT2D eigenvalue weighted by molar-refractivity contribution is 0.292. The van der Waals surface area contributed by atoms with Crippen LogP contribution < -0.4 is 10.6 Å². The van der Waals surface area contributed by atoms with Crippen LogP contribution in [0.2, 0.25) is 0 Å². The fraction of sp³-hybridized carbons (Fsp3) is 0.263. The first-order valence-electron chi connectivity index (χ1n) is 8.13. The Kier molecular flexibility index (Phi) is 4.91. The number of benzene rings is 2. The third kappa shape index (κ3) is 3.63. The number of aryl methyl sites for hydroxylation is 2. The van der Waals surface area contributed by atoms with E-state index in [0.29, 0.717) is 18.9 Å². The molecule has 0 amide bonds. The quantitative estimate of drug-likeness (QED) is 0.602. The van der Waals surface area contributed by atoms with Crippen molar-refractivity contribution in [2.75, 3.05) is 23.8 Å². The average molecular weight is 322 g/mol. The van der Waals surface area contributed by atoms with Gasteiger partial charge in [-0.2, -0.15) is 4.98 Å². The summed E-state index contributed by atoms with van der Waals surface area (Å²) >= 11 is 0. The first kappa shape index (κ1) is 16.2. The fourth-order valence-corrected chi connectivity index (χ4v) is 2.63. The Morgan fingerprint density at radius 2 is 1.88 bits per heavy atom. The lowest BCUT2D eigenvalue weighted by Gasteiger charge is -2.13. The molecule has 0 atom stereocenters. The van der Waals surface area contributed by atoms with Crippen molar-refractivity contribution >= 4 is 28.4 Å². The van der Waals surface area contributed by atoms with Crippen molar-refractivity contribution in [3.63, 3.8) is 0 Å². The molecule has 0 saturated heterocycles. The number of aromatic nitrogens is 2. The second kappa shape index (κ2) is 7.27. The maximum atomic E-state index is 8.97. The monoisotopic (exact) mass is 322 g/mol. The summed E-state index contributed by atoms with van der Waals surface area (Å²) in [7, 11) is 0. The highest BCUT2D eigenvalue weighted by Gasteiger charge is 2.08. The highest BCUT2D eigenvalue weighted by atomic mass is 16.3. The number of nitrogens with zero attached hydrogens (tertiary/aromatic N) is 2. The third-order valence-corrected chi connectivity index (χ3v) is 3.86. The largest absolute Gasteiger partial charge is 0.396 e. The van der Waals surface area contributed by atoms with Crippen LogP contribution in [0.3, 0.4) is 0 Å². The average Bonchev–Trinajstić information content (AvgIpc) is 2.57. The topological polar surface area (TPSA) is 70.1 Å². The van der Waals surface area contributed by atoms with Gasteiger partial charge in [0.2, 0.25) is 5.95 Å². The van der Waals surface area contributed by atoms with E-state index in [1.54, 1.807) is 0 Å². The molecule has 0 saturated carbocycles. The van der Waals surface area contributed by atoms with Crippen LogP contribution in [0.1, 0.15) is 17.5 Å². The van der Waals surface area contributed by atoms with Crippen molar-refractivity contribution in [2.24, 2.45) is 0 Å². The van der Waals surface area contributed by atoms with Crippen LogP contribution in [-0.4, -0.2) is 28.2 Å². The molecular formula is C19H22N4O. The highest BCUT2D eigenvalue weighted by molar-refractivity contribution is 5.90. The maximum absolute atomic E-state index is 8.97. The molecular weight excluding hydrogens is 300 g/mol. The lowest BCUT2D eigenvalue weighted by Crippen LogP contribution is -2.08. The number of nitrogens with one attached hydrogen (secondary N) is 2. The number of hydrogen-bond acceptors (Lipinski definition) is 5. The fourth-order valence-electron chi connectivity index (χ4n) is 2.63. The molecule has 24 heavy (non-hydrogen) atoms. The Morgan fingerprint density at radius 3 is 2.67 bits per heavy atom. The van der Waals surface area contributed by atoms with E-state index < -0.39 is 0 Å². The Morgan fingerprint density at radius 1 is 1.04 bits per heavy atom. The summed E-state index contributed by atoms with van der Waals surface area (Å²) in [5.41, 5.74) is 4.26. The number of para-hydroxylation sites is 1. The van der Waals surface area contributed by atoms with E-state index in [1.807, 2.05) is 30.3 Å². The van der Waals surface area contributed by atoms with Crippen molar-refractivity contribution in [2.45, 2.75) is 20.3 Å². The van der Waals surface area contributed by atoms with Crippen LogP contribution in [0, 0.1) is 13.8 Å². The van der Waals surface area contributed by atoms with Crippen LogP contribution in [0.15, 0.2) is 42.5 Å². The summed E-state index contributed by atoms with van der Waals surface area (Å²) in [4.78, 5) is 9.23. The van der Waals surface area contributed by atoms with Crippen LogP contribution >= 0.6 is 0 Å². The molecule has 1 aromatic heterocycles. The number of aliphatic hydroxyl groups is 1. The minimum Gasteiger partial charge on any atom is -0.396 e. The number of anilines is 3. The van der Waals surface area contributed by atoms with Gasteiger partial charge in [0.25, 0.3) is 0 Å². The van der Waals surface area contributed by atoms with E-state index in [0.717, 1.165) is 28.0 Å². The highest BCUT2D eigenvalue weighted by Crippen LogP contribution is 2.25. The molecule has 0 unspecified atom stereocenters. The molecule has 2 aromatic carbocycles. The molecule has 5 heteroatoms. The zero-order valence-electron chi connectivity index (χ0n) is 14.0. The Bertz CT molecular complexity index is 848. The Balaban J connectivity index is 1.95. The minimum atomic E-state index is 0.156. The molecule has 1 heterocycles. The Labute approximate surface area is 141 Å². The van der Waals surface area contributed by atoms with Crippen LogP contribution in [0.25, 0.3) is 10.9 Å². The summed E-state index contributed by atoms with van der Waals surface area (Å²) < 4.78 is 0. The molecule has 0 spiro atoms. The van der Waals surface area contributed by atoms with Crippen molar-refractivity contribution < 1.29 is 5.11 Å². The van der Waals surface area contributed by atoms with E-state index in [4.69, 9.17) is 5.11 Å². The first-order valence-corrected chi connectivity index (χ1v) is 8.13. The van der Waals surface area contributed by atoms with E-state index in [9.17, 15) is 0 Å². The van der Waals surface area contributed by atoms with Crippen LogP contribution in [-0.2, 0) is 0 Å². The number of rotatable bonds is 6. The van der Waals surface area contributed by atoms with Crippen LogP contribution in [0.5, 0.6) is 0 Å². The van der Waals surface area contributed by atoms with E-state index in [2.05, 4.69) is 46.6 Å². The molecule has 0 aliphatic carbocycles. The molecule has 0 fully saturated rings. The van der Waals surface area contributed by atoms with Gasteiger partial charge in [0.05, 0.1) is 5.52 Å². The van der Waals surface area contributed by atoms with Gasteiger partial charge in [-0.15, -0.1) is 0 Å². The SMILES string of the molecule is Cc1ccc(Nc2nc(NCCCO)c3ccccc3n2)c(C)c1. The van der Waals surface area contributed by atoms with E-state index in [1.165, 1.54) is 5.56 Å². The predicted molar refractivity (Wildman–Crippen MR) is 98.9 cm³/mol. The maximum Gasteiger partial charge on any atom is 0.229 e. The smallest absolute Gasteiger partial charge is 0.229 e. The summed E-state index contributed by atoms with van der Waals surface area (Å²) in [6.07, 6.45) is 0.679. The number of fused-ring (bicyclic) bond motifs is 1. The molecule has 0 aliphatic heterocycles. The molecule has 3 N–H and O–H groups in total. The third-order valence-electron chi connectivity index (χ3n) is 3.86. The van der Waals surface area contributed by atoms with Crippen molar-refractivity contribution in [1.29, 1.82) is 0 Å². The van der Waals surface area contributed by atoms with Gasteiger partial charge in [-0.3, -0.25) is 0 Å². The number of aliphatic hydroxyl groups excluding tert-OH is 1. The van der Waals surface area contributed by atoms with Crippen molar-refractivity contribution in [3.05, 3.63) is 53.6 Å². The number of hydrogen-bond donors (Lipinski definition) is 3. The molecule has 124 valence electrons. The van der Waals surface area contributed by atoms with Crippen molar-refractivity contribution in [1.82, 2.24) is 9.97 Å². The van der Waals surface area contributed by atoms with Gasteiger partial charge >= 0.3 is 0 Å². The van der Waals surface area contributed by atoms with Gasteiger partial charge in [-0.05, 0) is 44.0 Å². The summed E-state index contributed by atoms with van der Waals surface area (Å²) in [5.74, 6) is 1.34. The second-order valence-corrected chi connectivity index (χ2v) is 5.86. The van der Waals surface area contributed by atoms with Gasteiger partial charge < -0.3 is 15.7 Å².